The molecule has 2 rings (SSSR count). The molecular formula is C15H19N3O2. The first-order valence-electron chi connectivity index (χ1n) is 6.50. The SMILES string of the molecule is CCN(Cc1ccc(OC)cc1)C(=O)c1cc(N)c[nH]1. The molecular weight excluding hydrogens is 254 g/mol. The maximum Gasteiger partial charge on any atom is 0.270 e. The van der Waals surface area contributed by atoms with Gasteiger partial charge in [-0.25, -0.2) is 0 Å². The van der Waals surface area contributed by atoms with Gasteiger partial charge < -0.3 is 20.4 Å². The number of H-pyrrole nitrogens is 1. The first-order chi connectivity index (χ1) is 9.63. The van der Waals surface area contributed by atoms with Crippen LogP contribution in [0.5, 0.6) is 5.75 Å². The van der Waals surface area contributed by atoms with Crippen LogP contribution in [-0.2, 0) is 6.54 Å². The first kappa shape index (κ1) is 14.0. The molecule has 0 bridgehead atoms. The molecule has 0 atom stereocenters. The predicted octanol–water partition coefficient (Wildman–Crippen LogP) is 2.27. The molecule has 0 fully saturated rings. The van der Waals surface area contributed by atoms with Crippen LogP contribution in [0.1, 0.15) is 23.0 Å². The third kappa shape index (κ3) is 3.12. The highest BCUT2D eigenvalue weighted by Gasteiger charge is 2.16. The summed E-state index contributed by atoms with van der Waals surface area (Å²) < 4.78 is 5.12. The lowest BCUT2D eigenvalue weighted by Crippen LogP contribution is -2.30. The van der Waals surface area contributed by atoms with Gasteiger partial charge in [-0.3, -0.25) is 4.79 Å². The Morgan fingerprint density at radius 3 is 2.55 bits per heavy atom. The topological polar surface area (TPSA) is 71.3 Å². The monoisotopic (exact) mass is 273 g/mol. The Kier molecular flexibility index (Phi) is 4.30. The zero-order valence-electron chi connectivity index (χ0n) is 11.7. The highest BCUT2D eigenvalue weighted by molar-refractivity contribution is 5.93. The van der Waals surface area contributed by atoms with Gasteiger partial charge in [-0.05, 0) is 30.7 Å². The van der Waals surface area contributed by atoms with Crippen LogP contribution in [0.2, 0.25) is 0 Å². The molecule has 1 aromatic carbocycles. The van der Waals surface area contributed by atoms with Crippen LogP contribution in [0.15, 0.2) is 36.5 Å². The second-order valence-corrected chi connectivity index (χ2v) is 4.51. The van der Waals surface area contributed by atoms with Gasteiger partial charge >= 0.3 is 0 Å². The van der Waals surface area contributed by atoms with E-state index in [1.54, 1.807) is 24.3 Å². The number of benzene rings is 1. The van der Waals surface area contributed by atoms with Crippen LogP contribution < -0.4 is 10.5 Å². The van der Waals surface area contributed by atoms with Gasteiger partial charge in [-0.2, -0.15) is 0 Å². The molecule has 106 valence electrons. The summed E-state index contributed by atoms with van der Waals surface area (Å²) in [7, 11) is 1.63. The molecule has 3 N–H and O–H groups in total. The summed E-state index contributed by atoms with van der Waals surface area (Å²) in [5.41, 5.74) is 7.76. The largest absolute Gasteiger partial charge is 0.497 e. The average Bonchev–Trinajstić information content (AvgIpc) is 2.91. The normalized spacial score (nSPS) is 10.3. The molecule has 0 saturated heterocycles. The number of ether oxygens (including phenoxy) is 1. The number of hydrogen-bond acceptors (Lipinski definition) is 3. The fourth-order valence-corrected chi connectivity index (χ4v) is 1.98. The number of nitrogens with two attached hydrogens (primary N) is 1. The molecule has 5 heteroatoms. The number of hydrogen-bond donors (Lipinski definition) is 2. The number of nitrogens with one attached hydrogen (secondary N) is 1. The number of anilines is 1. The Bertz CT molecular complexity index is 575. The van der Waals surface area contributed by atoms with Crippen molar-refractivity contribution in [2.75, 3.05) is 19.4 Å². The number of nitrogens with zero attached hydrogens (tertiary/aromatic N) is 1. The van der Waals surface area contributed by atoms with Crippen LogP contribution in [0, 0.1) is 0 Å². The smallest absolute Gasteiger partial charge is 0.270 e. The van der Waals surface area contributed by atoms with Crippen LogP contribution in [0.25, 0.3) is 0 Å². The predicted molar refractivity (Wildman–Crippen MR) is 78.6 cm³/mol. The number of aromatic nitrogens is 1. The van der Waals surface area contributed by atoms with Crippen molar-refractivity contribution < 1.29 is 9.53 Å². The molecule has 1 amide bonds. The van der Waals surface area contributed by atoms with Gasteiger partial charge in [0.05, 0.1) is 7.11 Å². The highest BCUT2D eigenvalue weighted by atomic mass is 16.5. The molecule has 1 heterocycles. The lowest BCUT2D eigenvalue weighted by atomic mass is 10.2. The van der Waals surface area contributed by atoms with Crippen molar-refractivity contribution in [2.45, 2.75) is 13.5 Å². The van der Waals surface area contributed by atoms with Gasteiger partial charge in [-0.1, -0.05) is 12.1 Å². The molecule has 0 radical (unpaired) electrons. The lowest BCUT2D eigenvalue weighted by Gasteiger charge is -2.20. The van der Waals surface area contributed by atoms with Crippen molar-refractivity contribution in [2.24, 2.45) is 0 Å². The van der Waals surface area contributed by atoms with Gasteiger partial charge in [0.15, 0.2) is 0 Å². The Morgan fingerprint density at radius 1 is 1.35 bits per heavy atom. The second-order valence-electron chi connectivity index (χ2n) is 4.51. The van der Waals surface area contributed by atoms with Crippen molar-refractivity contribution in [1.29, 1.82) is 0 Å². The number of nitrogen functional groups attached to an aromatic ring is 1. The fourth-order valence-electron chi connectivity index (χ4n) is 1.98. The lowest BCUT2D eigenvalue weighted by molar-refractivity contribution is 0.0747. The van der Waals surface area contributed by atoms with Crippen molar-refractivity contribution in [1.82, 2.24) is 9.88 Å². The zero-order valence-corrected chi connectivity index (χ0v) is 11.7. The van der Waals surface area contributed by atoms with Crippen molar-refractivity contribution >= 4 is 11.6 Å². The summed E-state index contributed by atoms with van der Waals surface area (Å²) in [5, 5.41) is 0. The molecule has 0 aliphatic carbocycles. The van der Waals surface area contributed by atoms with Crippen LogP contribution >= 0.6 is 0 Å². The summed E-state index contributed by atoms with van der Waals surface area (Å²) in [4.78, 5) is 17.0. The Morgan fingerprint density at radius 2 is 2.05 bits per heavy atom. The van der Waals surface area contributed by atoms with Crippen LogP contribution in [0.3, 0.4) is 0 Å². The Hall–Kier alpha value is -2.43. The van der Waals surface area contributed by atoms with E-state index in [-0.39, 0.29) is 5.91 Å². The quantitative estimate of drug-likeness (QED) is 0.877. The van der Waals surface area contributed by atoms with E-state index in [9.17, 15) is 4.79 Å². The minimum atomic E-state index is -0.0555. The molecule has 2 aromatic rings. The molecule has 0 spiro atoms. The minimum Gasteiger partial charge on any atom is -0.497 e. The minimum absolute atomic E-state index is 0.0555. The van der Waals surface area contributed by atoms with Gasteiger partial charge in [-0.15, -0.1) is 0 Å². The summed E-state index contributed by atoms with van der Waals surface area (Å²) >= 11 is 0. The number of carbonyl (C=O) groups is 1. The van der Waals surface area contributed by atoms with Crippen molar-refractivity contribution in [3.8, 4) is 5.75 Å². The molecule has 0 unspecified atom stereocenters. The average molecular weight is 273 g/mol. The number of methoxy groups -OCH3 is 1. The summed E-state index contributed by atoms with van der Waals surface area (Å²) in [5.74, 6) is 0.750. The van der Waals surface area contributed by atoms with Gasteiger partial charge in [0.2, 0.25) is 0 Å². The van der Waals surface area contributed by atoms with Crippen molar-refractivity contribution in [3.63, 3.8) is 0 Å². The molecule has 0 saturated carbocycles. The highest BCUT2D eigenvalue weighted by Crippen LogP contribution is 2.15. The van der Waals surface area contributed by atoms with Crippen LogP contribution in [-0.4, -0.2) is 29.4 Å². The third-order valence-electron chi connectivity index (χ3n) is 3.14. The van der Waals surface area contributed by atoms with Gasteiger partial charge in [0, 0.05) is 25.0 Å². The number of aromatic amines is 1. The van der Waals surface area contributed by atoms with E-state index >= 15 is 0 Å². The van der Waals surface area contributed by atoms with E-state index in [2.05, 4.69) is 4.98 Å². The maximum atomic E-state index is 12.3. The molecule has 20 heavy (non-hydrogen) atoms. The van der Waals surface area contributed by atoms with Gasteiger partial charge in [0.25, 0.3) is 5.91 Å². The van der Waals surface area contributed by atoms with E-state index in [4.69, 9.17) is 10.5 Å². The summed E-state index contributed by atoms with van der Waals surface area (Å²) in [6.45, 7) is 3.13. The van der Waals surface area contributed by atoms with E-state index in [0.29, 0.717) is 24.5 Å². The number of amides is 1. The number of rotatable bonds is 5. The summed E-state index contributed by atoms with van der Waals surface area (Å²) in [6.07, 6.45) is 1.62. The van der Waals surface area contributed by atoms with Gasteiger partial charge in [0.1, 0.15) is 11.4 Å². The number of carbonyl (C=O) groups excluding carboxylic acids is 1. The molecule has 0 aliphatic heterocycles. The molecule has 1 aromatic heterocycles. The first-order valence-corrected chi connectivity index (χ1v) is 6.50. The van der Waals surface area contributed by atoms with Crippen LogP contribution in [0.4, 0.5) is 5.69 Å². The van der Waals surface area contributed by atoms with E-state index in [1.807, 2.05) is 31.2 Å². The molecule has 0 aliphatic rings. The van der Waals surface area contributed by atoms with Crippen molar-refractivity contribution in [3.05, 3.63) is 47.8 Å². The maximum absolute atomic E-state index is 12.3. The fraction of sp³-hybridized carbons (Fsp3) is 0.267. The summed E-state index contributed by atoms with van der Waals surface area (Å²) in [6, 6.07) is 9.34. The second kappa shape index (κ2) is 6.14. The molecule has 5 nitrogen and oxygen atoms in total. The van der Waals surface area contributed by atoms with E-state index in [0.717, 1.165) is 11.3 Å². The third-order valence-corrected chi connectivity index (χ3v) is 3.14. The van der Waals surface area contributed by atoms with E-state index < -0.39 is 0 Å². The zero-order chi connectivity index (χ0) is 14.5. The van der Waals surface area contributed by atoms with E-state index in [1.165, 1.54) is 0 Å². The Balaban J connectivity index is 2.09. The standard InChI is InChI=1S/C15H19N3O2/c1-3-18(15(19)14-8-12(16)9-17-14)10-11-4-6-13(20-2)7-5-11/h4-9,17H,3,10,16H2,1-2H3. The Labute approximate surface area is 118 Å².